The molecule has 1 atom stereocenters. The molecule has 0 spiro atoms. The van der Waals surface area contributed by atoms with E-state index in [1.54, 1.807) is 11.8 Å². The first-order valence-electron chi connectivity index (χ1n) is 4.91. The van der Waals surface area contributed by atoms with Gasteiger partial charge in [0.15, 0.2) is 0 Å². The zero-order valence-corrected chi connectivity index (χ0v) is 10.4. The number of hydrogen-bond donors (Lipinski definition) is 1. The maximum Gasteiger partial charge on any atom is 0.137 e. The summed E-state index contributed by atoms with van der Waals surface area (Å²) in [6.45, 7) is 2.67. The first kappa shape index (κ1) is 12.7. The number of halogens is 1. The second-order valence-electron chi connectivity index (χ2n) is 3.33. The lowest BCUT2D eigenvalue weighted by atomic mass is 10.3. The molecule has 0 saturated heterocycles. The largest absolute Gasteiger partial charge is 0.491 e. The summed E-state index contributed by atoms with van der Waals surface area (Å²) in [6.07, 6.45) is 0. The average Bonchev–Trinajstić information content (AvgIpc) is 2.20. The van der Waals surface area contributed by atoms with E-state index in [2.05, 4.69) is 0 Å². The van der Waals surface area contributed by atoms with Crippen LogP contribution in [0, 0.1) is 0 Å². The van der Waals surface area contributed by atoms with Gasteiger partial charge in [0.25, 0.3) is 0 Å². The molecule has 15 heavy (non-hydrogen) atoms. The normalized spacial score (nSPS) is 12.5. The van der Waals surface area contributed by atoms with E-state index < -0.39 is 0 Å². The lowest BCUT2D eigenvalue weighted by Crippen LogP contribution is -2.18. The summed E-state index contributed by atoms with van der Waals surface area (Å²) >= 11 is 7.73. The molecule has 0 saturated carbocycles. The van der Waals surface area contributed by atoms with E-state index in [0.29, 0.717) is 11.6 Å². The van der Waals surface area contributed by atoms with E-state index in [9.17, 15) is 0 Å². The van der Waals surface area contributed by atoms with Crippen molar-refractivity contribution in [3.05, 3.63) is 29.3 Å². The predicted octanol–water partition coefficient (Wildman–Crippen LogP) is 2.80. The quantitative estimate of drug-likeness (QED) is 0.783. The topological polar surface area (TPSA) is 35.2 Å². The van der Waals surface area contributed by atoms with Crippen molar-refractivity contribution in [2.45, 2.75) is 13.0 Å². The Bertz CT molecular complexity index is 294. The second-order valence-corrected chi connectivity index (χ2v) is 4.89. The van der Waals surface area contributed by atoms with Crippen molar-refractivity contribution in [2.24, 2.45) is 5.73 Å². The third-order valence-electron chi connectivity index (χ3n) is 1.70. The Kier molecular flexibility index (Phi) is 5.91. The summed E-state index contributed by atoms with van der Waals surface area (Å²) in [5.74, 6) is 2.65. The third-order valence-corrected chi connectivity index (χ3v) is 3.23. The first-order chi connectivity index (χ1) is 7.20. The van der Waals surface area contributed by atoms with E-state index >= 15 is 0 Å². The first-order valence-corrected chi connectivity index (χ1v) is 6.44. The fraction of sp³-hybridized carbons (Fsp3) is 0.455. The summed E-state index contributed by atoms with van der Waals surface area (Å²) in [4.78, 5) is 0. The monoisotopic (exact) mass is 245 g/mol. The van der Waals surface area contributed by atoms with E-state index in [-0.39, 0.29) is 6.04 Å². The molecular formula is C11H16ClNOS. The number of benzene rings is 1. The van der Waals surface area contributed by atoms with Gasteiger partial charge in [0.05, 0.1) is 11.6 Å². The number of thioether (sulfide) groups is 1. The maximum absolute atomic E-state index is 5.94. The SMILES string of the molecule is CC(N)CSCCOc1ccccc1Cl. The van der Waals surface area contributed by atoms with Crippen molar-refractivity contribution in [1.29, 1.82) is 0 Å². The minimum absolute atomic E-state index is 0.246. The van der Waals surface area contributed by atoms with Gasteiger partial charge < -0.3 is 10.5 Å². The van der Waals surface area contributed by atoms with Crippen LogP contribution in [-0.4, -0.2) is 24.2 Å². The molecular weight excluding hydrogens is 230 g/mol. The van der Waals surface area contributed by atoms with Crippen molar-refractivity contribution in [1.82, 2.24) is 0 Å². The highest BCUT2D eigenvalue weighted by atomic mass is 35.5. The zero-order valence-electron chi connectivity index (χ0n) is 8.78. The number of ether oxygens (including phenoxy) is 1. The lowest BCUT2D eigenvalue weighted by molar-refractivity contribution is 0.344. The fourth-order valence-electron chi connectivity index (χ4n) is 1.04. The summed E-state index contributed by atoms with van der Waals surface area (Å²) in [5.41, 5.74) is 5.63. The smallest absolute Gasteiger partial charge is 0.137 e. The lowest BCUT2D eigenvalue weighted by Gasteiger charge is -2.08. The Hall–Kier alpha value is -0.380. The average molecular weight is 246 g/mol. The summed E-state index contributed by atoms with van der Waals surface area (Å²) in [7, 11) is 0. The van der Waals surface area contributed by atoms with E-state index in [1.807, 2.05) is 31.2 Å². The summed E-state index contributed by atoms with van der Waals surface area (Å²) in [6, 6.07) is 7.75. The van der Waals surface area contributed by atoms with E-state index in [0.717, 1.165) is 17.3 Å². The highest BCUT2D eigenvalue weighted by Crippen LogP contribution is 2.23. The Labute approximate surface area is 100 Å². The van der Waals surface area contributed by atoms with Gasteiger partial charge in [0, 0.05) is 17.5 Å². The van der Waals surface area contributed by atoms with Gasteiger partial charge in [-0.05, 0) is 19.1 Å². The molecule has 0 heterocycles. The fourth-order valence-corrected chi connectivity index (χ4v) is 1.97. The van der Waals surface area contributed by atoms with Gasteiger partial charge in [0.2, 0.25) is 0 Å². The van der Waals surface area contributed by atoms with Gasteiger partial charge in [-0.25, -0.2) is 0 Å². The molecule has 0 aromatic heterocycles. The van der Waals surface area contributed by atoms with Crippen LogP contribution in [-0.2, 0) is 0 Å². The zero-order chi connectivity index (χ0) is 11.1. The van der Waals surface area contributed by atoms with E-state index in [4.69, 9.17) is 22.1 Å². The van der Waals surface area contributed by atoms with Gasteiger partial charge in [-0.15, -0.1) is 0 Å². The third kappa shape index (κ3) is 5.30. The Morgan fingerprint density at radius 2 is 2.20 bits per heavy atom. The molecule has 1 aromatic rings. The summed E-state index contributed by atoms with van der Waals surface area (Å²) in [5, 5.41) is 0.662. The van der Waals surface area contributed by atoms with Crippen LogP contribution in [0.5, 0.6) is 5.75 Å². The molecule has 0 amide bonds. The molecule has 0 bridgehead atoms. The van der Waals surface area contributed by atoms with Gasteiger partial charge >= 0.3 is 0 Å². The number of nitrogens with two attached hydrogens (primary N) is 1. The molecule has 0 aliphatic heterocycles. The van der Waals surface area contributed by atoms with Crippen LogP contribution in [0.1, 0.15) is 6.92 Å². The van der Waals surface area contributed by atoms with Crippen LogP contribution < -0.4 is 10.5 Å². The molecule has 0 aliphatic rings. The van der Waals surface area contributed by atoms with Crippen molar-refractivity contribution in [3.63, 3.8) is 0 Å². The van der Waals surface area contributed by atoms with Crippen LogP contribution in [0.3, 0.4) is 0 Å². The van der Waals surface area contributed by atoms with Crippen LogP contribution in [0.4, 0.5) is 0 Å². The molecule has 2 nitrogen and oxygen atoms in total. The Balaban J connectivity index is 2.18. The maximum atomic E-state index is 5.94. The van der Waals surface area contributed by atoms with Crippen LogP contribution in [0.25, 0.3) is 0 Å². The number of para-hydroxylation sites is 1. The Morgan fingerprint density at radius 3 is 2.87 bits per heavy atom. The minimum atomic E-state index is 0.246. The van der Waals surface area contributed by atoms with E-state index in [1.165, 1.54) is 0 Å². The van der Waals surface area contributed by atoms with Gasteiger partial charge in [-0.2, -0.15) is 11.8 Å². The highest BCUT2D eigenvalue weighted by Gasteiger charge is 1.99. The van der Waals surface area contributed by atoms with Crippen LogP contribution in [0.15, 0.2) is 24.3 Å². The molecule has 1 aromatic carbocycles. The molecule has 84 valence electrons. The Morgan fingerprint density at radius 1 is 1.47 bits per heavy atom. The minimum Gasteiger partial charge on any atom is -0.491 e. The predicted molar refractivity (Wildman–Crippen MR) is 67.9 cm³/mol. The van der Waals surface area contributed by atoms with Crippen LogP contribution in [0.2, 0.25) is 5.02 Å². The molecule has 1 rings (SSSR count). The van der Waals surface area contributed by atoms with Gasteiger partial charge in [-0.1, -0.05) is 23.7 Å². The molecule has 4 heteroatoms. The van der Waals surface area contributed by atoms with Crippen molar-refractivity contribution in [3.8, 4) is 5.75 Å². The van der Waals surface area contributed by atoms with Crippen molar-refractivity contribution < 1.29 is 4.74 Å². The molecule has 1 unspecified atom stereocenters. The number of rotatable bonds is 6. The molecule has 0 aliphatic carbocycles. The standard InChI is InChI=1S/C11H16ClNOS/c1-9(13)8-15-7-6-14-11-5-3-2-4-10(11)12/h2-5,9H,6-8,13H2,1H3. The second kappa shape index (κ2) is 6.99. The summed E-state index contributed by atoms with van der Waals surface area (Å²) < 4.78 is 5.52. The van der Waals surface area contributed by atoms with Gasteiger partial charge in [-0.3, -0.25) is 0 Å². The van der Waals surface area contributed by atoms with Crippen LogP contribution >= 0.6 is 23.4 Å². The van der Waals surface area contributed by atoms with Crippen molar-refractivity contribution in [2.75, 3.05) is 18.1 Å². The molecule has 2 N–H and O–H groups in total. The number of hydrogen-bond acceptors (Lipinski definition) is 3. The molecule has 0 fully saturated rings. The van der Waals surface area contributed by atoms with Gasteiger partial charge in [0.1, 0.15) is 5.75 Å². The molecule has 0 radical (unpaired) electrons. The van der Waals surface area contributed by atoms with Crippen molar-refractivity contribution >= 4 is 23.4 Å². The highest BCUT2D eigenvalue weighted by molar-refractivity contribution is 7.99.